The van der Waals surface area contributed by atoms with Crippen LogP contribution >= 0.6 is 0 Å². The molecule has 3 fully saturated rings. The van der Waals surface area contributed by atoms with Crippen LogP contribution in [0.3, 0.4) is 0 Å². The number of fused-ring (bicyclic) bond motifs is 1. The van der Waals surface area contributed by atoms with E-state index in [0.717, 1.165) is 16.4 Å². The van der Waals surface area contributed by atoms with Crippen molar-refractivity contribution in [1.82, 2.24) is 34.5 Å². The Bertz CT molecular complexity index is 2830. The van der Waals surface area contributed by atoms with Gasteiger partial charge in [-0.05, 0) is 55.7 Å². The number of H-pyrrole nitrogens is 1. The normalized spacial score (nSPS) is 17.9. The van der Waals surface area contributed by atoms with Gasteiger partial charge in [0.15, 0.2) is 5.82 Å². The maximum atomic E-state index is 15.6. The zero-order valence-electron chi connectivity index (χ0n) is 36.4. The Morgan fingerprint density at radius 2 is 1.66 bits per heavy atom. The molecule has 3 aliphatic rings. The molecule has 67 heavy (non-hydrogen) atoms. The van der Waals surface area contributed by atoms with Crippen LogP contribution in [0.15, 0.2) is 61.2 Å². The van der Waals surface area contributed by atoms with Gasteiger partial charge in [-0.3, -0.25) is 29.2 Å². The predicted molar refractivity (Wildman–Crippen MR) is 239 cm³/mol. The largest absolute Gasteiger partial charge is 0.389 e. The van der Waals surface area contributed by atoms with Crippen molar-refractivity contribution in [2.45, 2.75) is 57.1 Å². The summed E-state index contributed by atoms with van der Waals surface area (Å²) in [6, 6.07) is 7.00. The van der Waals surface area contributed by atoms with Crippen molar-refractivity contribution in [2.24, 2.45) is 0 Å². The standard InChI is InChI=1S/C44H47F4N11O7S/c1-3-56(2)67(65,66)55-32-6-5-31(45)37(38(32)46)39(62)30-24-50-41-28(30)18-25(21-49-41)26-22-51-43(52-23-26)59-16-14-58(15-17-59)36(61)20-44(64)10-12-57(13-11-44)34-8-4-27(19-29(34)40(47)48)53-33-7-9-35(60)54-42(33)63/h4-6,8,18-19,21-24,33,40,53,55,64H,3,7,9-17,20H2,1-2H3,(H,49,50)(H,54,60,63). The highest BCUT2D eigenvalue weighted by molar-refractivity contribution is 7.90. The summed E-state index contributed by atoms with van der Waals surface area (Å²) in [5.41, 5.74) is -1.35. The van der Waals surface area contributed by atoms with E-state index >= 15 is 8.78 Å². The average molecular weight is 950 g/mol. The van der Waals surface area contributed by atoms with Gasteiger partial charge in [0.2, 0.25) is 29.5 Å². The van der Waals surface area contributed by atoms with E-state index in [-0.39, 0.29) is 85.7 Å². The topological polar surface area (TPSA) is 226 Å². The molecule has 5 N–H and O–H groups in total. The van der Waals surface area contributed by atoms with Crippen molar-refractivity contribution in [3.63, 3.8) is 0 Å². The van der Waals surface area contributed by atoms with Crippen LogP contribution in [0.5, 0.6) is 0 Å². The highest BCUT2D eigenvalue weighted by Crippen LogP contribution is 2.37. The van der Waals surface area contributed by atoms with E-state index in [9.17, 15) is 41.5 Å². The lowest BCUT2D eigenvalue weighted by molar-refractivity contribution is -0.138. The van der Waals surface area contributed by atoms with Crippen molar-refractivity contribution >= 4 is 67.8 Å². The molecule has 3 saturated heterocycles. The van der Waals surface area contributed by atoms with Gasteiger partial charge >= 0.3 is 10.2 Å². The summed E-state index contributed by atoms with van der Waals surface area (Å²) in [5.74, 6) is -4.35. The Kier molecular flexibility index (Phi) is 13.2. The second-order valence-electron chi connectivity index (χ2n) is 16.7. The molecule has 1 unspecified atom stereocenters. The predicted octanol–water partition coefficient (Wildman–Crippen LogP) is 4.36. The number of aromatic nitrogens is 4. The van der Waals surface area contributed by atoms with Gasteiger partial charge < -0.3 is 30.1 Å². The summed E-state index contributed by atoms with van der Waals surface area (Å²) in [4.78, 5) is 72.3. The Morgan fingerprint density at radius 3 is 2.33 bits per heavy atom. The number of piperazine rings is 1. The number of rotatable bonds is 14. The third-order valence-electron chi connectivity index (χ3n) is 12.4. The highest BCUT2D eigenvalue weighted by atomic mass is 32.2. The monoisotopic (exact) mass is 949 g/mol. The fraction of sp³-hybridized carbons (Fsp3) is 0.386. The van der Waals surface area contributed by atoms with Crippen LogP contribution in [-0.4, -0.2) is 131 Å². The van der Waals surface area contributed by atoms with Crippen LogP contribution in [0.4, 0.5) is 40.6 Å². The number of carbonyl (C=O) groups excluding carboxylic acids is 4. The van der Waals surface area contributed by atoms with Crippen LogP contribution in [-0.2, 0) is 24.6 Å². The van der Waals surface area contributed by atoms with Crippen molar-refractivity contribution in [3.05, 3.63) is 89.5 Å². The number of nitrogens with zero attached hydrogens (tertiary/aromatic N) is 7. The smallest absolute Gasteiger partial charge is 0.301 e. The highest BCUT2D eigenvalue weighted by Gasteiger charge is 2.38. The van der Waals surface area contributed by atoms with Crippen LogP contribution in [0, 0.1) is 11.6 Å². The van der Waals surface area contributed by atoms with Gasteiger partial charge in [-0.2, -0.15) is 12.7 Å². The van der Waals surface area contributed by atoms with Gasteiger partial charge in [-0.15, -0.1) is 0 Å². The molecule has 354 valence electrons. The van der Waals surface area contributed by atoms with Crippen molar-refractivity contribution < 1.29 is 50.3 Å². The molecule has 23 heteroatoms. The number of ketones is 1. The first-order valence-corrected chi connectivity index (χ1v) is 23.0. The number of hydrogen-bond acceptors (Lipinski definition) is 13. The van der Waals surface area contributed by atoms with Gasteiger partial charge in [0.25, 0.3) is 6.43 Å². The van der Waals surface area contributed by atoms with E-state index < -0.39 is 62.9 Å². The molecule has 8 rings (SSSR count). The maximum absolute atomic E-state index is 15.6. The van der Waals surface area contributed by atoms with Gasteiger partial charge in [0.05, 0.1) is 23.3 Å². The number of pyridine rings is 1. The van der Waals surface area contributed by atoms with Gasteiger partial charge in [-0.25, -0.2) is 32.5 Å². The molecule has 0 bridgehead atoms. The third kappa shape index (κ3) is 9.88. The molecule has 0 saturated carbocycles. The van der Waals surface area contributed by atoms with E-state index in [1.54, 1.807) is 47.3 Å². The summed E-state index contributed by atoms with van der Waals surface area (Å²) < 4.78 is 87.3. The van der Waals surface area contributed by atoms with Gasteiger partial charge in [0, 0.05) is 123 Å². The van der Waals surface area contributed by atoms with Gasteiger partial charge in [-0.1, -0.05) is 6.92 Å². The number of piperidine rings is 2. The summed E-state index contributed by atoms with van der Waals surface area (Å²) in [6.45, 7) is 3.58. The summed E-state index contributed by atoms with van der Waals surface area (Å²) in [7, 11) is -2.91. The fourth-order valence-corrected chi connectivity index (χ4v) is 9.30. The number of hydrogen-bond donors (Lipinski definition) is 5. The summed E-state index contributed by atoms with van der Waals surface area (Å²) >= 11 is 0. The SMILES string of the molecule is CCN(C)S(=O)(=O)Nc1ccc(F)c(C(=O)c2c[nH]c3ncc(-c4cnc(N5CCN(C(=O)CC6(O)CCN(c7ccc(NC8CCC(=O)NC8=O)cc7C(F)F)CC6)CC5)nc4)cc23)c1F. The lowest BCUT2D eigenvalue weighted by atomic mass is 9.87. The second-order valence-corrected chi connectivity index (χ2v) is 18.5. The first kappa shape index (κ1) is 46.8. The fourth-order valence-electron chi connectivity index (χ4n) is 8.37. The molecule has 0 aliphatic carbocycles. The Balaban J connectivity index is 0.860. The molecule has 0 radical (unpaired) electrons. The number of imide groups is 1. The van der Waals surface area contributed by atoms with Crippen molar-refractivity contribution in [1.29, 1.82) is 0 Å². The number of carbonyl (C=O) groups is 4. The zero-order valence-corrected chi connectivity index (χ0v) is 37.2. The summed E-state index contributed by atoms with van der Waals surface area (Å²) in [6.07, 6.45) is 3.67. The van der Waals surface area contributed by atoms with E-state index in [2.05, 4.69) is 35.3 Å². The first-order chi connectivity index (χ1) is 31.9. The van der Waals surface area contributed by atoms with E-state index in [4.69, 9.17) is 0 Å². The average Bonchev–Trinajstić information content (AvgIpc) is 3.74. The van der Waals surface area contributed by atoms with Gasteiger partial charge in [0.1, 0.15) is 17.5 Å². The van der Waals surface area contributed by atoms with Crippen LogP contribution in [0.2, 0.25) is 0 Å². The number of halogens is 4. The van der Waals surface area contributed by atoms with Crippen LogP contribution in [0.1, 0.15) is 66.9 Å². The van der Waals surface area contributed by atoms with E-state index in [0.29, 0.717) is 54.6 Å². The maximum Gasteiger partial charge on any atom is 0.301 e. The summed E-state index contributed by atoms with van der Waals surface area (Å²) in [5, 5.41) is 16.9. The molecule has 3 amide bonds. The zero-order chi connectivity index (χ0) is 47.8. The van der Waals surface area contributed by atoms with Crippen LogP contribution < -0.4 is 25.2 Å². The lowest BCUT2D eigenvalue weighted by Gasteiger charge is -2.41. The first-order valence-electron chi connectivity index (χ1n) is 21.5. The number of benzene rings is 2. The van der Waals surface area contributed by atoms with Crippen molar-refractivity contribution in [2.75, 3.05) is 72.7 Å². The Labute approximate surface area is 381 Å². The third-order valence-corrected chi connectivity index (χ3v) is 14.0. The minimum atomic E-state index is -4.18. The van der Waals surface area contributed by atoms with Crippen LogP contribution in [0.25, 0.3) is 22.2 Å². The molecule has 1 atom stereocenters. The number of aliphatic hydroxyl groups is 1. The molecule has 0 spiro atoms. The molecular weight excluding hydrogens is 903 g/mol. The minimum absolute atomic E-state index is 0.0768. The van der Waals surface area contributed by atoms with E-state index in [1.165, 1.54) is 25.5 Å². The number of anilines is 4. The quantitative estimate of drug-likeness (QED) is 0.0594. The van der Waals surface area contributed by atoms with Crippen molar-refractivity contribution in [3.8, 4) is 11.1 Å². The lowest BCUT2D eigenvalue weighted by Crippen LogP contribution is -2.52. The number of amides is 3. The molecule has 3 aromatic heterocycles. The Hall–Kier alpha value is -6.72. The number of nitrogens with one attached hydrogen (secondary N) is 4. The van der Waals surface area contributed by atoms with E-state index in [1.807, 2.05) is 4.90 Å². The molecule has 5 aromatic rings. The number of aromatic amines is 1. The molecule has 18 nitrogen and oxygen atoms in total. The second kappa shape index (κ2) is 18.9. The minimum Gasteiger partial charge on any atom is -0.389 e. The number of alkyl halides is 2. The Morgan fingerprint density at radius 1 is 0.955 bits per heavy atom. The molecule has 3 aliphatic heterocycles. The molecule has 6 heterocycles. The molecular formula is C44H47F4N11O7S. The molecule has 2 aromatic carbocycles.